The Bertz CT molecular complexity index is 371. The van der Waals surface area contributed by atoms with Crippen LogP contribution in [0.15, 0.2) is 0 Å². The van der Waals surface area contributed by atoms with Crippen molar-refractivity contribution in [1.29, 1.82) is 0 Å². The Morgan fingerprint density at radius 3 is 2.14 bits per heavy atom. The Kier molecular flexibility index (Phi) is 6.61. The molecule has 1 saturated heterocycles. The zero-order chi connectivity index (χ0) is 15.9. The number of carbonyl (C=O) groups excluding carboxylic acids is 2. The highest BCUT2D eigenvalue weighted by molar-refractivity contribution is 5.89. The molecule has 7 heteroatoms. The van der Waals surface area contributed by atoms with E-state index in [4.69, 9.17) is 14.6 Å². The molecule has 0 atom stereocenters. The first-order valence-electron chi connectivity index (χ1n) is 7.22. The molecule has 0 spiro atoms. The molecular weight excluding hydrogens is 280 g/mol. The second kappa shape index (κ2) is 7.97. The molecule has 1 aliphatic heterocycles. The van der Waals surface area contributed by atoms with E-state index in [0.29, 0.717) is 6.42 Å². The van der Waals surface area contributed by atoms with Crippen molar-refractivity contribution in [3.8, 4) is 0 Å². The van der Waals surface area contributed by atoms with Crippen LogP contribution in [0, 0.1) is 0 Å². The molecule has 0 amide bonds. The molecule has 0 radical (unpaired) electrons. The molecule has 0 saturated carbocycles. The average Bonchev–Trinajstić information content (AvgIpc) is 2.36. The van der Waals surface area contributed by atoms with Crippen LogP contribution in [0.25, 0.3) is 0 Å². The number of rotatable bonds is 7. The first kappa shape index (κ1) is 17.4. The van der Waals surface area contributed by atoms with Crippen molar-refractivity contribution in [3.63, 3.8) is 0 Å². The van der Waals surface area contributed by atoms with Gasteiger partial charge in [-0.1, -0.05) is 32.6 Å². The van der Waals surface area contributed by atoms with E-state index < -0.39 is 42.6 Å². The lowest BCUT2D eigenvalue weighted by Gasteiger charge is -2.27. The van der Waals surface area contributed by atoms with E-state index in [0.717, 1.165) is 32.1 Å². The predicted molar refractivity (Wildman–Crippen MR) is 71.2 cm³/mol. The van der Waals surface area contributed by atoms with Crippen LogP contribution in [0.5, 0.6) is 0 Å². The SMILES string of the molecule is CCCCCCCC1OC(=O)CC(O)(C(=O)O)CC(=O)O1. The third kappa shape index (κ3) is 5.71. The number of unbranched alkanes of at least 4 members (excludes halogenated alkanes) is 4. The monoisotopic (exact) mass is 302 g/mol. The summed E-state index contributed by atoms with van der Waals surface area (Å²) in [4.78, 5) is 34.1. The zero-order valence-corrected chi connectivity index (χ0v) is 12.2. The van der Waals surface area contributed by atoms with Gasteiger partial charge in [0.1, 0.15) is 0 Å². The summed E-state index contributed by atoms with van der Waals surface area (Å²) in [5.74, 6) is -3.41. The van der Waals surface area contributed by atoms with E-state index in [1.807, 2.05) is 0 Å². The van der Waals surface area contributed by atoms with Gasteiger partial charge in [0.15, 0.2) is 5.60 Å². The third-order valence-electron chi connectivity index (χ3n) is 3.34. The van der Waals surface area contributed by atoms with E-state index in [1.165, 1.54) is 0 Å². The van der Waals surface area contributed by atoms with Gasteiger partial charge in [-0.15, -0.1) is 0 Å². The Balaban J connectivity index is 2.52. The second-order valence-corrected chi connectivity index (χ2v) is 5.30. The minimum atomic E-state index is -2.46. The predicted octanol–water partition coefficient (Wildman–Crippen LogP) is 1.37. The molecule has 120 valence electrons. The van der Waals surface area contributed by atoms with Gasteiger partial charge >= 0.3 is 17.9 Å². The van der Waals surface area contributed by atoms with Crippen LogP contribution in [0.4, 0.5) is 0 Å². The Morgan fingerprint density at radius 1 is 1.14 bits per heavy atom. The fraction of sp³-hybridized carbons (Fsp3) is 0.786. The van der Waals surface area contributed by atoms with Gasteiger partial charge in [-0.3, -0.25) is 9.59 Å². The van der Waals surface area contributed by atoms with Crippen molar-refractivity contribution in [2.45, 2.75) is 70.2 Å². The molecule has 1 heterocycles. The molecule has 2 N–H and O–H groups in total. The zero-order valence-electron chi connectivity index (χ0n) is 12.2. The maximum atomic E-state index is 11.6. The smallest absolute Gasteiger partial charge is 0.336 e. The number of carboxylic acids is 1. The minimum absolute atomic E-state index is 0.382. The number of aliphatic hydroxyl groups is 1. The van der Waals surface area contributed by atoms with Gasteiger partial charge in [-0.05, 0) is 6.42 Å². The molecule has 1 aliphatic rings. The van der Waals surface area contributed by atoms with Crippen LogP contribution in [0.3, 0.4) is 0 Å². The number of carbonyl (C=O) groups is 3. The first-order valence-corrected chi connectivity index (χ1v) is 7.22. The molecule has 1 fully saturated rings. The molecule has 0 aromatic carbocycles. The highest BCUT2D eigenvalue weighted by Crippen LogP contribution is 2.23. The number of esters is 2. The van der Waals surface area contributed by atoms with Crippen molar-refractivity contribution in [2.75, 3.05) is 0 Å². The number of aliphatic carboxylic acids is 1. The lowest BCUT2D eigenvalue weighted by Crippen LogP contribution is -2.46. The fourth-order valence-electron chi connectivity index (χ4n) is 2.12. The molecular formula is C14H22O7. The Labute approximate surface area is 123 Å². The van der Waals surface area contributed by atoms with Gasteiger partial charge in [0.05, 0.1) is 12.8 Å². The van der Waals surface area contributed by atoms with Crippen molar-refractivity contribution >= 4 is 17.9 Å². The largest absolute Gasteiger partial charge is 0.479 e. The van der Waals surface area contributed by atoms with E-state index in [1.54, 1.807) is 0 Å². The minimum Gasteiger partial charge on any atom is -0.479 e. The summed E-state index contributed by atoms with van der Waals surface area (Å²) in [6.07, 6.45) is 2.85. The summed E-state index contributed by atoms with van der Waals surface area (Å²) in [7, 11) is 0. The molecule has 0 aromatic heterocycles. The topological polar surface area (TPSA) is 110 Å². The highest BCUT2D eigenvalue weighted by atomic mass is 16.7. The number of carboxylic acid groups (broad SMARTS) is 1. The lowest BCUT2D eigenvalue weighted by atomic mass is 9.95. The summed E-state index contributed by atoms with van der Waals surface area (Å²) >= 11 is 0. The molecule has 0 unspecified atom stereocenters. The Morgan fingerprint density at radius 2 is 1.67 bits per heavy atom. The van der Waals surface area contributed by atoms with Crippen LogP contribution < -0.4 is 0 Å². The van der Waals surface area contributed by atoms with Crippen molar-refractivity contribution < 1.29 is 34.1 Å². The van der Waals surface area contributed by atoms with E-state index in [2.05, 4.69) is 6.92 Å². The number of cyclic esters (lactones) is 2. The maximum Gasteiger partial charge on any atom is 0.336 e. The van der Waals surface area contributed by atoms with Gasteiger partial charge in [-0.25, -0.2) is 4.79 Å². The van der Waals surface area contributed by atoms with Crippen LogP contribution in [0.2, 0.25) is 0 Å². The van der Waals surface area contributed by atoms with Gasteiger partial charge in [0, 0.05) is 6.42 Å². The number of hydrogen-bond acceptors (Lipinski definition) is 6. The summed E-state index contributed by atoms with van der Waals surface area (Å²) in [5.41, 5.74) is -2.46. The van der Waals surface area contributed by atoms with Crippen LogP contribution >= 0.6 is 0 Å². The van der Waals surface area contributed by atoms with Crippen LogP contribution in [0.1, 0.15) is 58.3 Å². The number of ether oxygens (including phenoxy) is 2. The second-order valence-electron chi connectivity index (χ2n) is 5.30. The van der Waals surface area contributed by atoms with Crippen LogP contribution in [-0.2, 0) is 23.9 Å². The van der Waals surface area contributed by atoms with E-state index in [-0.39, 0.29) is 0 Å². The molecule has 0 bridgehead atoms. The lowest BCUT2D eigenvalue weighted by molar-refractivity contribution is -0.206. The fourth-order valence-corrected chi connectivity index (χ4v) is 2.12. The number of hydrogen-bond donors (Lipinski definition) is 2. The van der Waals surface area contributed by atoms with Gasteiger partial charge in [0.25, 0.3) is 0 Å². The molecule has 21 heavy (non-hydrogen) atoms. The molecule has 0 aromatic rings. The molecule has 1 rings (SSSR count). The maximum absolute atomic E-state index is 11.6. The van der Waals surface area contributed by atoms with Crippen molar-refractivity contribution in [3.05, 3.63) is 0 Å². The van der Waals surface area contributed by atoms with Gasteiger partial charge in [-0.2, -0.15) is 0 Å². The third-order valence-corrected chi connectivity index (χ3v) is 3.34. The quantitative estimate of drug-likeness (QED) is 0.539. The van der Waals surface area contributed by atoms with Crippen molar-refractivity contribution in [2.24, 2.45) is 0 Å². The van der Waals surface area contributed by atoms with Gasteiger partial charge < -0.3 is 19.7 Å². The van der Waals surface area contributed by atoms with E-state index in [9.17, 15) is 19.5 Å². The molecule has 7 nitrogen and oxygen atoms in total. The van der Waals surface area contributed by atoms with E-state index >= 15 is 0 Å². The first-order chi connectivity index (χ1) is 9.87. The molecule has 0 aliphatic carbocycles. The summed E-state index contributed by atoms with van der Waals surface area (Å²) in [5, 5.41) is 18.6. The highest BCUT2D eigenvalue weighted by Gasteiger charge is 2.44. The standard InChI is InChI=1S/C14H22O7/c1-2-3-4-5-6-7-12-20-10(15)8-14(19,13(17)18)9-11(16)21-12/h12,19H,2-9H2,1H3,(H,17,18). The van der Waals surface area contributed by atoms with Crippen LogP contribution in [-0.4, -0.2) is 40.0 Å². The summed E-state index contributed by atoms with van der Waals surface area (Å²) in [6, 6.07) is 0. The Hall–Kier alpha value is -1.63. The normalized spacial score (nSPS) is 26.5. The summed E-state index contributed by atoms with van der Waals surface area (Å²) in [6.45, 7) is 2.10. The van der Waals surface area contributed by atoms with Gasteiger partial charge in [0.2, 0.25) is 6.29 Å². The summed E-state index contributed by atoms with van der Waals surface area (Å²) < 4.78 is 9.82. The van der Waals surface area contributed by atoms with Crippen molar-refractivity contribution in [1.82, 2.24) is 0 Å². The average molecular weight is 302 g/mol.